The van der Waals surface area contributed by atoms with Gasteiger partial charge in [-0.2, -0.15) is 0 Å². The molecule has 2 aliphatic rings. The number of nitrogens with one attached hydrogen (secondary N) is 1. The number of likely N-dealkylation sites (tertiary alicyclic amines) is 1. The number of hydrogen-bond acceptors (Lipinski definition) is 5. The van der Waals surface area contributed by atoms with Crippen LogP contribution in [0.2, 0.25) is 0 Å². The van der Waals surface area contributed by atoms with Crippen molar-refractivity contribution < 1.29 is 14.5 Å². The topological polar surface area (TPSA) is 95.8 Å². The van der Waals surface area contributed by atoms with Gasteiger partial charge in [0, 0.05) is 50.8 Å². The van der Waals surface area contributed by atoms with Crippen LogP contribution >= 0.6 is 12.4 Å². The van der Waals surface area contributed by atoms with Gasteiger partial charge in [-0.15, -0.1) is 12.4 Å². The second-order valence-electron chi connectivity index (χ2n) is 6.83. The summed E-state index contributed by atoms with van der Waals surface area (Å²) in [6, 6.07) is 6.51. The summed E-state index contributed by atoms with van der Waals surface area (Å²) in [5, 5.41) is 13.9. The number of aryl methyl sites for hydroxylation is 1. The van der Waals surface area contributed by atoms with Crippen LogP contribution in [-0.4, -0.2) is 65.3 Å². The zero-order valence-corrected chi connectivity index (χ0v) is 16.0. The summed E-state index contributed by atoms with van der Waals surface area (Å²) in [4.78, 5) is 38.8. The van der Waals surface area contributed by atoms with E-state index in [0.29, 0.717) is 39.0 Å². The molecular weight excluding hydrogens is 372 g/mol. The smallest absolute Gasteiger partial charge is 0.269 e. The normalized spacial score (nSPS) is 20.1. The van der Waals surface area contributed by atoms with E-state index in [0.717, 1.165) is 24.9 Å². The van der Waals surface area contributed by atoms with Gasteiger partial charge in [-0.1, -0.05) is 12.1 Å². The molecule has 1 aromatic carbocycles. The van der Waals surface area contributed by atoms with Crippen LogP contribution < -0.4 is 5.32 Å². The molecule has 0 aromatic heterocycles. The number of rotatable bonds is 5. The lowest BCUT2D eigenvalue weighted by atomic mass is 10.0. The largest absolute Gasteiger partial charge is 0.341 e. The number of carbonyl (C=O) groups is 2. The molecule has 2 amide bonds. The Balaban J connectivity index is 0.00000261. The van der Waals surface area contributed by atoms with Gasteiger partial charge in [0.1, 0.15) is 0 Å². The number of non-ortho nitro benzene ring substituents is 1. The molecule has 0 spiro atoms. The quantitative estimate of drug-likeness (QED) is 0.599. The Labute approximate surface area is 164 Å². The van der Waals surface area contributed by atoms with Crippen molar-refractivity contribution in [1.29, 1.82) is 0 Å². The van der Waals surface area contributed by atoms with E-state index in [1.54, 1.807) is 12.1 Å². The Morgan fingerprint density at radius 1 is 1.33 bits per heavy atom. The summed E-state index contributed by atoms with van der Waals surface area (Å²) >= 11 is 0. The predicted molar refractivity (Wildman–Crippen MR) is 103 cm³/mol. The van der Waals surface area contributed by atoms with Crippen molar-refractivity contribution in [2.45, 2.75) is 31.7 Å². The molecular formula is C18H25ClN4O4. The van der Waals surface area contributed by atoms with Gasteiger partial charge in [-0.25, -0.2) is 0 Å². The first-order valence-electron chi connectivity index (χ1n) is 9.06. The van der Waals surface area contributed by atoms with Crippen LogP contribution in [0.5, 0.6) is 0 Å². The summed E-state index contributed by atoms with van der Waals surface area (Å²) in [5.74, 6) is 0.149. The monoisotopic (exact) mass is 396 g/mol. The fraction of sp³-hybridized carbons (Fsp3) is 0.556. The number of nitrogens with zero attached hydrogens (tertiary/aromatic N) is 3. The van der Waals surface area contributed by atoms with Crippen molar-refractivity contribution in [2.75, 3.05) is 32.7 Å². The number of piperazine rings is 1. The lowest BCUT2D eigenvalue weighted by Crippen LogP contribution is -2.57. The fourth-order valence-electron chi connectivity index (χ4n) is 3.68. The summed E-state index contributed by atoms with van der Waals surface area (Å²) in [7, 11) is 0. The van der Waals surface area contributed by atoms with Gasteiger partial charge < -0.3 is 15.1 Å². The molecule has 2 saturated heterocycles. The highest BCUT2D eigenvalue weighted by atomic mass is 35.5. The van der Waals surface area contributed by atoms with Crippen molar-refractivity contribution in [3.8, 4) is 0 Å². The molecule has 148 valence electrons. The van der Waals surface area contributed by atoms with E-state index >= 15 is 0 Å². The van der Waals surface area contributed by atoms with E-state index < -0.39 is 4.92 Å². The van der Waals surface area contributed by atoms with Gasteiger partial charge in [-0.3, -0.25) is 19.7 Å². The highest BCUT2D eigenvalue weighted by Crippen LogP contribution is 2.19. The first-order valence-corrected chi connectivity index (χ1v) is 9.06. The summed E-state index contributed by atoms with van der Waals surface area (Å²) in [6.07, 6.45) is 2.63. The fourth-order valence-corrected chi connectivity index (χ4v) is 3.68. The zero-order valence-electron chi connectivity index (χ0n) is 15.1. The third kappa shape index (κ3) is 5.40. The number of halogens is 1. The summed E-state index contributed by atoms with van der Waals surface area (Å²) < 4.78 is 0. The molecule has 1 N–H and O–H groups in total. The first kappa shape index (κ1) is 21.1. The molecule has 0 saturated carbocycles. The van der Waals surface area contributed by atoms with E-state index in [4.69, 9.17) is 0 Å². The molecule has 0 radical (unpaired) electrons. The lowest BCUT2D eigenvalue weighted by molar-refractivity contribution is -0.384. The molecule has 0 bridgehead atoms. The number of piperidine rings is 1. The van der Waals surface area contributed by atoms with E-state index in [1.165, 1.54) is 12.1 Å². The Hall–Kier alpha value is -2.19. The van der Waals surface area contributed by atoms with Gasteiger partial charge in [0.05, 0.1) is 11.5 Å². The van der Waals surface area contributed by atoms with Gasteiger partial charge in [-0.05, 0) is 24.8 Å². The number of hydrogen-bond donors (Lipinski definition) is 1. The minimum Gasteiger partial charge on any atom is -0.341 e. The van der Waals surface area contributed by atoms with Crippen LogP contribution in [0.1, 0.15) is 24.8 Å². The Morgan fingerprint density at radius 2 is 2.15 bits per heavy atom. The molecule has 2 fully saturated rings. The van der Waals surface area contributed by atoms with Crippen molar-refractivity contribution in [3.05, 3.63) is 39.9 Å². The van der Waals surface area contributed by atoms with E-state index in [9.17, 15) is 19.7 Å². The number of nitro groups is 1. The number of benzene rings is 1. The third-order valence-electron chi connectivity index (χ3n) is 5.06. The highest BCUT2D eigenvalue weighted by molar-refractivity contribution is 5.85. The number of nitro benzene ring substituents is 1. The Bertz CT molecular complexity index is 700. The van der Waals surface area contributed by atoms with Gasteiger partial charge in [0.2, 0.25) is 11.8 Å². The van der Waals surface area contributed by atoms with E-state index in [1.807, 2.05) is 9.80 Å². The van der Waals surface area contributed by atoms with Crippen LogP contribution in [0.4, 0.5) is 5.69 Å². The molecule has 1 unspecified atom stereocenters. The average molecular weight is 397 g/mol. The van der Waals surface area contributed by atoms with Gasteiger partial charge >= 0.3 is 0 Å². The lowest BCUT2D eigenvalue weighted by Gasteiger charge is -2.41. The summed E-state index contributed by atoms with van der Waals surface area (Å²) in [5.41, 5.74) is 0.837. The SMILES string of the molecule is Cl.O=C(CCc1cccc([N+](=O)[O-])c1)N1CCCC(N2CCNCC2=O)C1. The Morgan fingerprint density at radius 3 is 2.89 bits per heavy atom. The molecule has 9 heteroatoms. The maximum atomic E-state index is 12.6. The molecule has 2 heterocycles. The number of carbonyl (C=O) groups excluding carboxylic acids is 2. The molecule has 1 aromatic rings. The second-order valence-corrected chi connectivity index (χ2v) is 6.83. The predicted octanol–water partition coefficient (Wildman–Crippen LogP) is 1.37. The minimum absolute atomic E-state index is 0. The number of amides is 2. The average Bonchev–Trinajstić information content (AvgIpc) is 2.67. The van der Waals surface area contributed by atoms with Crippen LogP contribution in [0.15, 0.2) is 24.3 Å². The molecule has 0 aliphatic carbocycles. The highest BCUT2D eigenvalue weighted by Gasteiger charge is 2.31. The molecule has 8 nitrogen and oxygen atoms in total. The maximum Gasteiger partial charge on any atom is 0.269 e. The maximum absolute atomic E-state index is 12.6. The molecule has 2 aliphatic heterocycles. The van der Waals surface area contributed by atoms with Crippen LogP contribution in [0.3, 0.4) is 0 Å². The zero-order chi connectivity index (χ0) is 18.5. The van der Waals surface area contributed by atoms with Gasteiger partial charge in [0.15, 0.2) is 0 Å². The summed E-state index contributed by atoms with van der Waals surface area (Å²) in [6.45, 7) is 3.16. The third-order valence-corrected chi connectivity index (χ3v) is 5.06. The van der Waals surface area contributed by atoms with Crippen molar-refractivity contribution in [3.63, 3.8) is 0 Å². The van der Waals surface area contributed by atoms with Crippen molar-refractivity contribution in [2.24, 2.45) is 0 Å². The Kier molecular flexibility index (Phi) is 7.55. The molecule has 3 rings (SSSR count). The standard InChI is InChI=1S/C18H24N4O4.ClH/c23-17(7-6-14-3-1-4-15(11-14)22(25)26)20-9-2-5-16(13-20)21-10-8-19-12-18(21)24;/h1,3-4,11,16,19H,2,5-10,12-13H2;1H. The van der Waals surface area contributed by atoms with Crippen LogP contribution in [0, 0.1) is 10.1 Å². The minimum atomic E-state index is -0.426. The van der Waals surface area contributed by atoms with Crippen LogP contribution in [-0.2, 0) is 16.0 Å². The van der Waals surface area contributed by atoms with Crippen LogP contribution in [0.25, 0.3) is 0 Å². The molecule has 1 atom stereocenters. The molecule has 27 heavy (non-hydrogen) atoms. The first-order chi connectivity index (χ1) is 12.5. The van der Waals surface area contributed by atoms with Crippen molar-refractivity contribution >= 4 is 29.9 Å². The second kappa shape index (κ2) is 9.66. The van der Waals surface area contributed by atoms with Gasteiger partial charge in [0.25, 0.3) is 5.69 Å². The van der Waals surface area contributed by atoms with E-state index in [2.05, 4.69) is 5.32 Å². The van der Waals surface area contributed by atoms with E-state index in [-0.39, 0.29) is 36.0 Å². The van der Waals surface area contributed by atoms with Crippen molar-refractivity contribution in [1.82, 2.24) is 15.1 Å².